The first-order chi connectivity index (χ1) is 13.1. The Morgan fingerprint density at radius 2 is 2.15 bits per heavy atom. The second-order valence-corrected chi connectivity index (χ2v) is 6.43. The molecule has 144 valence electrons. The van der Waals surface area contributed by atoms with Crippen LogP contribution in [0.3, 0.4) is 0 Å². The van der Waals surface area contributed by atoms with Crippen molar-refractivity contribution in [1.82, 2.24) is 20.2 Å². The van der Waals surface area contributed by atoms with Gasteiger partial charge >= 0.3 is 6.03 Å². The van der Waals surface area contributed by atoms with Gasteiger partial charge in [-0.1, -0.05) is 6.92 Å². The second kappa shape index (κ2) is 8.57. The predicted octanol–water partition coefficient (Wildman–Crippen LogP) is 2.17. The number of ether oxygens (including phenoxy) is 1. The van der Waals surface area contributed by atoms with Crippen LogP contribution in [0, 0.1) is 0 Å². The summed E-state index contributed by atoms with van der Waals surface area (Å²) in [4.78, 5) is 28.7. The van der Waals surface area contributed by atoms with Gasteiger partial charge in [-0.25, -0.2) is 9.78 Å². The van der Waals surface area contributed by atoms with E-state index in [4.69, 9.17) is 4.74 Å². The van der Waals surface area contributed by atoms with E-state index in [1.54, 1.807) is 24.4 Å². The van der Waals surface area contributed by atoms with Gasteiger partial charge in [0.1, 0.15) is 11.6 Å². The fourth-order valence-electron chi connectivity index (χ4n) is 2.76. The van der Waals surface area contributed by atoms with Crippen LogP contribution in [0.25, 0.3) is 0 Å². The number of aryl methyl sites for hydroxylation is 1. The molecule has 27 heavy (non-hydrogen) atoms. The summed E-state index contributed by atoms with van der Waals surface area (Å²) in [6.07, 6.45) is 6.52. The second-order valence-electron chi connectivity index (χ2n) is 6.43. The van der Waals surface area contributed by atoms with E-state index >= 15 is 0 Å². The Kier molecular flexibility index (Phi) is 5.95. The molecule has 1 aromatic heterocycles. The van der Waals surface area contributed by atoms with Crippen molar-refractivity contribution >= 4 is 17.6 Å². The molecule has 1 aromatic carbocycles. The molecule has 0 spiro atoms. The molecule has 1 aliphatic carbocycles. The fraction of sp³-hybridized carbons (Fsp3) is 0.421. The van der Waals surface area contributed by atoms with Gasteiger partial charge in [0.15, 0.2) is 0 Å². The summed E-state index contributed by atoms with van der Waals surface area (Å²) in [6.45, 7) is 3.13. The minimum atomic E-state index is -0.355. The molecule has 8 nitrogen and oxygen atoms in total. The van der Waals surface area contributed by atoms with Gasteiger partial charge in [-0.15, -0.1) is 0 Å². The number of urea groups is 1. The number of carbonyl (C=O) groups excluding carboxylic acids is 2. The molecule has 0 atom stereocenters. The molecule has 0 aliphatic heterocycles. The number of nitrogens with one attached hydrogen (secondary N) is 3. The van der Waals surface area contributed by atoms with Crippen LogP contribution in [0.2, 0.25) is 0 Å². The zero-order chi connectivity index (χ0) is 19.2. The monoisotopic (exact) mass is 371 g/mol. The summed E-state index contributed by atoms with van der Waals surface area (Å²) in [5.74, 6) is 1.33. The molecule has 0 saturated heterocycles. The molecule has 1 heterocycles. The molecule has 2 aromatic rings. The average molecular weight is 371 g/mol. The molecule has 3 N–H and O–H groups in total. The van der Waals surface area contributed by atoms with Crippen LogP contribution in [-0.4, -0.2) is 41.2 Å². The van der Waals surface area contributed by atoms with Gasteiger partial charge in [-0.3, -0.25) is 4.79 Å². The third-order valence-electron chi connectivity index (χ3n) is 4.38. The van der Waals surface area contributed by atoms with Crippen molar-refractivity contribution in [2.45, 2.75) is 38.8 Å². The topological polar surface area (TPSA) is 97.3 Å². The molecule has 3 rings (SSSR count). The van der Waals surface area contributed by atoms with Crippen molar-refractivity contribution < 1.29 is 14.3 Å². The molecule has 0 radical (unpaired) electrons. The zero-order valence-electron chi connectivity index (χ0n) is 15.6. The number of nitrogens with zero attached hydrogens (tertiary/aromatic N) is 2. The highest BCUT2D eigenvalue weighted by Crippen LogP contribution is 2.26. The number of anilines is 1. The van der Waals surface area contributed by atoms with E-state index in [9.17, 15) is 9.59 Å². The van der Waals surface area contributed by atoms with Gasteiger partial charge in [-0.2, -0.15) is 0 Å². The van der Waals surface area contributed by atoms with E-state index in [0.29, 0.717) is 30.1 Å². The number of hydrogen-bond acceptors (Lipinski definition) is 4. The number of benzene rings is 1. The molecule has 1 aliphatic rings. The summed E-state index contributed by atoms with van der Waals surface area (Å²) in [5, 5.41) is 8.49. The van der Waals surface area contributed by atoms with Crippen LogP contribution in [0.4, 0.5) is 10.5 Å². The Labute approximate surface area is 158 Å². The van der Waals surface area contributed by atoms with Crippen LogP contribution in [0.1, 0.15) is 35.9 Å². The van der Waals surface area contributed by atoms with E-state index in [1.165, 1.54) is 7.11 Å². The highest BCUT2D eigenvalue weighted by atomic mass is 16.5. The minimum Gasteiger partial charge on any atom is -0.495 e. The summed E-state index contributed by atoms with van der Waals surface area (Å²) in [6, 6.07) is 4.91. The zero-order valence-corrected chi connectivity index (χ0v) is 15.6. The van der Waals surface area contributed by atoms with Gasteiger partial charge in [0.05, 0.1) is 12.8 Å². The Bertz CT molecular complexity index is 813. The number of rotatable bonds is 8. The number of aromatic nitrogens is 2. The maximum Gasteiger partial charge on any atom is 0.319 e. The molecular weight excluding hydrogens is 346 g/mol. The minimum absolute atomic E-state index is 0.143. The lowest BCUT2D eigenvalue weighted by Crippen LogP contribution is -2.32. The quantitative estimate of drug-likeness (QED) is 0.662. The van der Waals surface area contributed by atoms with E-state index in [1.807, 2.05) is 17.7 Å². The normalized spacial score (nSPS) is 13.1. The first-order valence-electron chi connectivity index (χ1n) is 9.14. The third-order valence-corrected chi connectivity index (χ3v) is 4.38. The van der Waals surface area contributed by atoms with E-state index < -0.39 is 0 Å². The highest BCUT2D eigenvalue weighted by molar-refractivity contribution is 5.98. The summed E-state index contributed by atoms with van der Waals surface area (Å²) >= 11 is 0. The molecule has 0 bridgehead atoms. The van der Waals surface area contributed by atoms with Crippen molar-refractivity contribution in [3.8, 4) is 5.75 Å². The fourth-order valence-corrected chi connectivity index (χ4v) is 2.76. The molecule has 8 heteroatoms. The molecular formula is C19H25N5O3. The number of amides is 3. The maximum absolute atomic E-state index is 12.2. The highest BCUT2D eigenvalue weighted by Gasteiger charge is 2.24. The Morgan fingerprint density at radius 3 is 2.85 bits per heavy atom. The lowest BCUT2D eigenvalue weighted by molar-refractivity contribution is 0.0951. The van der Waals surface area contributed by atoms with Gasteiger partial charge in [0.25, 0.3) is 5.91 Å². The van der Waals surface area contributed by atoms with E-state index in [-0.39, 0.29) is 18.0 Å². The molecule has 1 saturated carbocycles. The van der Waals surface area contributed by atoms with Gasteiger partial charge < -0.3 is 25.3 Å². The van der Waals surface area contributed by atoms with Crippen LogP contribution >= 0.6 is 0 Å². The largest absolute Gasteiger partial charge is 0.495 e. The predicted molar refractivity (Wildman–Crippen MR) is 102 cm³/mol. The summed E-state index contributed by atoms with van der Waals surface area (Å²) < 4.78 is 7.29. The van der Waals surface area contributed by atoms with Crippen LogP contribution in [-0.2, 0) is 13.0 Å². The molecule has 1 fully saturated rings. The standard InChI is InChI=1S/C19H25N5O3/c1-3-17-20-8-10-24(17)11-9-21-19(26)23-15-12-13(4-7-16(15)27-2)18(25)22-14-5-6-14/h4,7-8,10,12,14H,3,5-6,9,11H2,1-2H3,(H,22,25)(H2,21,23,26). The van der Waals surface area contributed by atoms with Crippen LogP contribution < -0.4 is 20.7 Å². The third kappa shape index (κ3) is 4.99. The Morgan fingerprint density at radius 1 is 1.33 bits per heavy atom. The van der Waals surface area contributed by atoms with Crippen molar-refractivity contribution in [2.24, 2.45) is 0 Å². The number of hydrogen-bond donors (Lipinski definition) is 3. The van der Waals surface area contributed by atoms with Crippen LogP contribution in [0.5, 0.6) is 5.75 Å². The smallest absolute Gasteiger partial charge is 0.319 e. The maximum atomic E-state index is 12.2. The van der Waals surface area contributed by atoms with Crippen LogP contribution in [0.15, 0.2) is 30.6 Å². The van der Waals surface area contributed by atoms with Gasteiger partial charge in [-0.05, 0) is 31.0 Å². The first-order valence-corrected chi connectivity index (χ1v) is 9.14. The van der Waals surface area contributed by atoms with E-state index in [0.717, 1.165) is 25.1 Å². The van der Waals surface area contributed by atoms with Crippen molar-refractivity contribution in [2.75, 3.05) is 19.0 Å². The van der Waals surface area contributed by atoms with E-state index in [2.05, 4.69) is 20.9 Å². The van der Waals surface area contributed by atoms with Crippen molar-refractivity contribution in [3.63, 3.8) is 0 Å². The molecule has 3 amide bonds. The number of carbonyl (C=O) groups is 2. The first kappa shape index (κ1) is 18.8. The van der Waals surface area contributed by atoms with Gasteiger partial charge in [0.2, 0.25) is 0 Å². The lowest BCUT2D eigenvalue weighted by atomic mass is 10.1. The summed E-state index contributed by atoms with van der Waals surface area (Å²) in [7, 11) is 1.52. The lowest BCUT2D eigenvalue weighted by Gasteiger charge is -2.13. The number of methoxy groups -OCH3 is 1. The average Bonchev–Trinajstić information content (AvgIpc) is 3.36. The van der Waals surface area contributed by atoms with Gasteiger partial charge in [0, 0.05) is 43.5 Å². The Hall–Kier alpha value is -3.03. The van der Waals surface area contributed by atoms with Crippen molar-refractivity contribution in [3.05, 3.63) is 42.0 Å². The Balaban J connectivity index is 1.57. The SMILES string of the molecule is CCc1nccn1CCNC(=O)Nc1cc(C(=O)NC2CC2)ccc1OC. The molecule has 0 unspecified atom stereocenters. The summed E-state index contributed by atoms with van der Waals surface area (Å²) in [5.41, 5.74) is 0.944. The van der Waals surface area contributed by atoms with Crippen molar-refractivity contribution in [1.29, 1.82) is 0 Å². The number of imidazole rings is 1.